The van der Waals surface area contributed by atoms with Gasteiger partial charge in [-0.2, -0.15) is 0 Å². The molecule has 5 nitrogen and oxygen atoms in total. The Morgan fingerprint density at radius 2 is 1.88 bits per heavy atom. The number of aromatic nitrogens is 2. The fourth-order valence-electron chi connectivity index (χ4n) is 2.20. The van der Waals surface area contributed by atoms with Crippen molar-refractivity contribution >= 4 is 17.7 Å². The monoisotopic (exact) mass is 358 g/mol. The van der Waals surface area contributed by atoms with Crippen LogP contribution in [0.2, 0.25) is 0 Å². The molecule has 0 bridgehead atoms. The molecule has 0 aliphatic carbocycles. The maximum absolute atomic E-state index is 13.8. The van der Waals surface area contributed by atoms with Gasteiger partial charge in [0.25, 0.3) is 11.1 Å². The van der Waals surface area contributed by atoms with E-state index in [1.54, 1.807) is 25.1 Å². The molecule has 0 radical (unpaired) electrons. The molecule has 3 rings (SSSR count). The predicted octanol–water partition coefficient (Wildman–Crippen LogP) is 4.27. The first kappa shape index (κ1) is 17.2. The molecule has 0 unspecified atom stereocenters. The summed E-state index contributed by atoms with van der Waals surface area (Å²) in [6.07, 6.45) is 0. The average molecular weight is 358 g/mol. The topological polar surface area (TPSA) is 65.2 Å². The van der Waals surface area contributed by atoms with Crippen LogP contribution in [0.3, 0.4) is 0 Å². The van der Waals surface area contributed by atoms with Gasteiger partial charge in [-0.15, -0.1) is 10.2 Å². The van der Waals surface area contributed by atoms with Crippen LogP contribution in [0.25, 0.3) is 11.5 Å². The van der Waals surface area contributed by atoms with Crippen molar-refractivity contribution in [2.45, 2.75) is 17.4 Å². The van der Waals surface area contributed by atoms with E-state index in [0.717, 1.165) is 17.3 Å². The van der Waals surface area contributed by atoms with Gasteiger partial charge in [0.2, 0.25) is 0 Å². The van der Waals surface area contributed by atoms with Crippen LogP contribution in [-0.4, -0.2) is 22.8 Å². The number of rotatable bonds is 6. The Hall–Kier alpha value is -2.67. The summed E-state index contributed by atoms with van der Waals surface area (Å²) in [7, 11) is 0. The van der Waals surface area contributed by atoms with Crippen molar-refractivity contribution < 1.29 is 18.3 Å². The third-order valence-corrected chi connectivity index (χ3v) is 4.40. The Bertz CT molecular complexity index is 854. The van der Waals surface area contributed by atoms with E-state index in [1.165, 1.54) is 6.07 Å². The van der Waals surface area contributed by atoms with Crippen LogP contribution in [0.1, 0.15) is 17.7 Å². The van der Waals surface area contributed by atoms with E-state index < -0.39 is 17.0 Å². The maximum Gasteiger partial charge on any atom is 0.324 e. The first-order valence-electron chi connectivity index (χ1n) is 7.65. The van der Waals surface area contributed by atoms with Gasteiger partial charge < -0.3 is 9.15 Å². The molecule has 0 N–H and O–H groups in total. The lowest BCUT2D eigenvalue weighted by Gasteiger charge is -2.13. The minimum atomic E-state index is -0.643. The minimum absolute atomic E-state index is 0.0660. The average Bonchev–Trinajstić information content (AvgIpc) is 3.09. The second kappa shape index (κ2) is 7.94. The van der Waals surface area contributed by atoms with Crippen LogP contribution in [0.15, 0.2) is 64.2 Å². The summed E-state index contributed by atoms with van der Waals surface area (Å²) >= 11 is 1.07. The molecule has 0 fully saturated rings. The molecular weight excluding hydrogens is 343 g/mol. The first-order chi connectivity index (χ1) is 12.2. The van der Waals surface area contributed by atoms with Crippen LogP contribution in [0, 0.1) is 5.82 Å². The highest BCUT2D eigenvalue weighted by Crippen LogP contribution is 2.36. The maximum atomic E-state index is 13.8. The van der Waals surface area contributed by atoms with Crippen LogP contribution in [-0.2, 0) is 9.53 Å². The summed E-state index contributed by atoms with van der Waals surface area (Å²) in [5, 5.41) is 7.31. The van der Waals surface area contributed by atoms with Gasteiger partial charge in [0, 0.05) is 0 Å². The summed E-state index contributed by atoms with van der Waals surface area (Å²) in [6, 6.07) is 15.3. The summed E-state index contributed by atoms with van der Waals surface area (Å²) in [6.45, 7) is 2.01. The number of hydrogen-bond acceptors (Lipinski definition) is 6. The number of nitrogens with zero attached hydrogens (tertiary/aromatic N) is 2. The molecule has 25 heavy (non-hydrogen) atoms. The van der Waals surface area contributed by atoms with Gasteiger partial charge in [0.05, 0.1) is 12.2 Å². The van der Waals surface area contributed by atoms with Crippen molar-refractivity contribution in [1.82, 2.24) is 10.2 Å². The third-order valence-electron chi connectivity index (χ3n) is 3.33. The Morgan fingerprint density at radius 1 is 1.16 bits per heavy atom. The van der Waals surface area contributed by atoms with Gasteiger partial charge in [-0.1, -0.05) is 42.5 Å². The predicted molar refractivity (Wildman–Crippen MR) is 91.4 cm³/mol. The van der Waals surface area contributed by atoms with E-state index in [4.69, 9.17) is 9.15 Å². The fourth-order valence-corrected chi connectivity index (χ4v) is 3.07. The van der Waals surface area contributed by atoms with E-state index in [0.29, 0.717) is 0 Å². The Labute approximate surface area is 148 Å². The molecular formula is C18H15FN2O3S. The lowest BCUT2D eigenvalue weighted by Crippen LogP contribution is -2.13. The molecule has 0 saturated heterocycles. The number of ether oxygens (including phenoxy) is 1. The lowest BCUT2D eigenvalue weighted by molar-refractivity contribution is -0.142. The van der Waals surface area contributed by atoms with Gasteiger partial charge in [0.15, 0.2) is 0 Å². The molecule has 128 valence electrons. The second-order valence-corrected chi connectivity index (χ2v) is 6.07. The van der Waals surface area contributed by atoms with Gasteiger partial charge in [-0.25, -0.2) is 4.39 Å². The number of carbonyl (C=O) groups is 1. The summed E-state index contributed by atoms with van der Waals surface area (Å²) in [4.78, 5) is 12.3. The first-order valence-corrected chi connectivity index (χ1v) is 8.53. The summed E-state index contributed by atoms with van der Waals surface area (Å²) in [5.74, 6) is -0.784. The molecule has 0 aliphatic rings. The van der Waals surface area contributed by atoms with E-state index in [-0.39, 0.29) is 23.3 Å². The van der Waals surface area contributed by atoms with Crippen molar-refractivity contribution in [2.24, 2.45) is 0 Å². The van der Waals surface area contributed by atoms with Gasteiger partial charge >= 0.3 is 5.97 Å². The number of benzene rings is 2. The number of esters is 1. The molecule has 7 heteroatoms. The largest absolute Gasteiger partial charge is 0.465 e. The zero-order chi connectivity index (χ0) is 17.6. The van der Waals surface area contributed by atoms with Crippen LogP contribution in [0.5, 0.6) is 0 Å². The highest BCUT2D eigenvalue weighted by atomic mass is 32.2. The van der Waals surface area contributed by atoms with Crippen molar-refractivity contribution in [2.75, 3.05) is 6.61 Å². The van der Waals surface area contributed by atoms with Crippen LogP contribution < -0.4 is 0 Å². The number of thioether (sulfide) groups is 1. The molecule has 0 aliphatic heterocycles. The Morgan fingerprint density at radius 3 is 2.60 bits per heavy atom. The zero-order valence-corrected chi connectivity index (χ0v) is 14.2. The number of halogens is 1. The smallest absolute Gasteiger partial charge is 0.324 e. The molecule has 2 aromatic carbocycles. The molecule has 3 aromatic rings. The minimum Gasteiger partial charge on any atom is -0.465 e. The van der Waals surface area contributed by atoms with Crippen molar-refractivity contribution in [3.63, 3.8) is 0 Å². The molecule has 1 atom stereocenters. The Kier molecular flexibility index (Phi) is 5.45. The third kappa shape index (κ3) is 4.06. The SMILES string of the molecule is CCOC(=O)[C@@H](Sc1nnc(-c2ccccc2F)o1)c1ccccc1. The van der Waals surface area contributed by atoms with Crippen LogP contribution >= 0.6 is 11.8 Å². The highest BCUT2D eigenvalue weighted by Gasteiger charge is 2.26. The molecule has 0 amide bonds. The normalized spacial score (nSPS) is 11.9. The number of carbonyl (C=O) groups excluding carboxylic acids is 1. The fraction of sp³-hybridized carbons (Fsp3) is 0.167. The zero-order valence-electron chi connectivity index (χ0n) is 13.4. The number of hydrogen-bond donors (Lipinski definition) is 0. The molecule has 1 heterocycles. The molecule has 0 saturated carbocycles. The quantitative estimate of drug-likeness (QED) is 0.484. The van der Waals surface area contributed by atoms with Gasteiger partial charge in [-0.05, 0) is 36.4 Å². The van der Waals surface area contributed by atoms with Crippen molar-refractivity contribution in [1.29, 1.82) is 0 Å². The molecule has 0 spiro atoms. The highest BCUT2D eigenvalue weighted by molar-refractivity contribution is 8.00. The Balaban J connectivity index is 1.86. The summed E-state index contributed by atoms with van der Waals surface area (Å²) in [5.41, 5.74) is 0.978. The van der Waals surface area contributed by atoms with E-state index >= 15 is 0 Å². The van der Waals surface area contributed by atoms with E-state index in [2.05, 4.69) is 10.2 Å². The van der Waals surface area contributed by atoms with Crippen molar-refractivity contribution in [3.05, 3.63) is 66.0 Å². The van der Waals surface area contributed by atoms with E-state index in [9.17, 15) is 9.18 Å². The van der Waals surface area contributed by atoms with Crippen LogP contribution in [0.4, 0.5) is 4.39 Å². The standard InChI is InChI=1S/C18H15FN2O3S/c1-2-23-17(22)15(12-8-4-3-5-9-12)25-18-21-20-16(24-18)13-10-6-7-11-14(13)19/h3-11,15H,2H2,1H3/t15-/m0/s1. The van der Waals surface area contributed by atoms with Gasteiger partial charge in [0.1, 0.15) is 11.1 Å². The molecule has 1 aromatic heterocycles. The second-order valence-electron chi connectivity index (χ2n) is 5.01. The van der Waals surface area contributed by atoms with E-state index in [1.807, 2.05) is 30.3 Å². The lowest BCUT2D eigenvalue weighted by atomic mass is 10.1. The summed E-state index contributed by atoms with van der Waals surface area (Å²) < 4.78 is 24.5. The van der Waals surface area contributed by atoms with Gasteiger partial charge in [-0.3, -0.25) is 4.79 Å². The van der Waals surface area contributed by atoms with Crippen molar-refractivity contribution in [3.8, 4) is 11.5 Å².